The molecule has 18 heavy (non-hydrogen) atoms. The van der Waals surface area contributed by atoms with Gasteiger partial charge in [0, 0.05) is 19.8 Å². The van der Waals surface area contributed by atoms with Gasteiger partial charge >= 0.3 is 5.97 Å². The second-order valence-corrected chi connectivity index (χ2v) is 5.71. The minimum atomic E-state index is -1.14. The van der Waals surface area contributed by atoms with Crippen molar-refractivity contribution in [2.24, 2.45) is 11.7 Å². The highest BCUT2D eigenvalue weighted by atomic mass is 16.5. The molecule has 1 aliphatic heterocycles. The predicted molar refractivity (Wildman–Crippen MR) is 70.5 cm³/mol. The lowest BCUT2D eigenvalue weighted by Gasteiger charge is -2.38. The second kappa shape index (κ2) is 6.50. The van der Waals surface area contributed by atoms with Gasteiger partial charge in [-0.3, -0.25) is 4.79 Å². The van der Waals surface area contributed by atoms with Crippen LogP contribution in [-0.2, 0) is 9.53 Å². The van der Waals surface area contributed by atoms with E-state index < -0.39 is 11.5 Å². The molecule has 0 spiro atoms. The average molecular weight is 258 g/mol. The number of nitrogens with two attached hydrogens (primary N) is 1. The molecule has 106 valence electrons. The number of hydrogen-bond acceptors (Lipinski definition) is 4. The molecule has 1 heterocycles. The van der Waals surface area contributed by atoms with Gasteiger partial charge in [0.15, 0.2) is 0 Å². The van der Waals surface area contributed by atoms with Crippen LogP contribution in [0.25, 0.3) is 0 Å². The maximum absolute atomic E-state index is 11.0. The van der Waals surface area contributed by atoms with E-state index in [-0.39, 0.29) is 6.04 Å². The fourth-order valence-corrected chi connectivity index (χ4v) is 2.63. The van der Waals surface area contributed by atoms with Crippen LogP contribution < -0.4 is 5.73 Å². The number of likely N-dealkylation sites (tertiary alicyclic amines) is 1. The van der Waals surface area contributed by atoms with Gasteiger partial charge in [-0.25, -0.2) is 0 Å². The number of rotatable bonds is 6. The molecular weight excluding hydrogens is 232 g/mol. The van der Waals surface area contributed by atoms with Gasteiger partial charge in [0.2, 0.25) is 0 Å². The lowest BCUT2D eigenvalue weighted by molar-refractivity contribution is -0.143. The molecule has 0 saturated carbocycles. The second-order valence-electron chi connectivity index (χ2n) is 5.71. The zero-order chi connectivity index (χ0) is 13.8. The third-order valence-corrected chi connectivity index (χ3v) is 3.88. The van der Waals surface area contributed by atoms with Crippen molar-refractivity contribution in [2.45, 2.75) is 44.7 Å². The van der Waals surface area contributed by atoms with Gasteiger partial charge in [0.05, 0.1) is 0 Å². The number of nitrogens with zero attached hydrogens (tertiary/aromatic N) is 1. The Bertz CT molecular complexity index is 273. The van der Waals surface area contributed by atoms with Crippen molar-refractivity contribution in [3.8, 4) is 0 Å². The number of ether oxygens (including phenoxy) is 1. The Kier molecular flexibility index (Phi) is 5.56. The first-order valence-electron chi connectivity index (χ1n) is 6.62. The Labute approximate surface area is 109 Å². The summed E-state index contributed by atoms with van der Waals surface area (Å²) in [5.74, 6) is -0.286. The maximum atomic E-state index is 11.0. The molecule has 0 radical (unpaired) electrons. The van der Waals surface area contributed by atoms with Gasteiger partial charge < -0.3 is 20.5 Å². The fourth-order valence-electron chi connectivity index (χ4n) is 2.63. The normalized spacial score (nSPS) is 23.6. The molecule has 3 N–H and O–H groups in total. The van der Waals surface area contributed by atoms with E-state index in [2.05, 4.69) is 11.8 Å². The summed E-state index contributed by atoms with van der Waals surface area (Å²) in [5, 5.41) is 9.04. The highest BCUT2D eigenvalue weighted by Crippen LogP contribution is 2.22. The van der Waals surface area contributed by atoms with Crippen LogP contribution in [0.3, 0.4) is 0 Å². The van der Waals surface area contributed by atoms with Crippen molar-refractivity contribution in [1.82, 2.24) is 4.90 Å². The molecule has 1 fully saturated rings. The third kappa shape index (κ3) is 4.23. The highest BCUT2D eigenvalue weighted by Gasteiger charge is 2.33. The predicted octanol–water partition coefficient (Wildman–Crippen LogP) is 0.925. The molecule has 1 aliphatic rings. The molecule has 2 unspecified atom stereocenters. The van der Waals surface area contributed by atoms with Crippen molar-refractivity contribution in [2.75, 3.05) is 26.8 Å². The van der Waals surface area contributed by atoms with E-state index in [4.69, 9.17) is 15.6 Å². The number of hydrogen-bond donors (Lipinski definition) is 2. The largest absolute Gasteiger partial charge is 0.480 e. The number of carboxylic acids is 1. The summed E-state index contributed by atoms with van der Waals surface area (Å²) < 4.78 is 5.17. The van der Waals surface area contributed by atoms with Gasteiger partial charge in [-0.2, -0.15) is 0 Å². The molecule has 0 amide bonds. The summed E-state index contributed by atoms with van der Waals surface area (Å²) in [5.41, 5.74) is 4.66. The van der Waals surface area contributed by atoms with Crippen LogP contribution in [0.5, 0.6) is 0 Å². The van der Waals surface area contributed by atoms with Crippen LogP contribution in [-0.4, -0.2) is 54.4 Å². The molecule has 0 aromatic carbocycles. The summed E-state index contributed by atoms with van der Waals surface area (Å²) in [4.78, 5) is 13.4. The monoisotopic (exact) mass is 258 g/mol. The Morgan fingerprint density at radius 3 is 2.56 bits per heavy atom. The Morgan fingerprint density at radius 1 is 1.56 bits per heavy atom. The lowest BCUT2D eigenvalue weighted by Crippen LogP contribution is -2.51. The minimum Gasteiger partial charge on any atom is -0.480 e. The van der Waals surface area contributed by atoms with E-state index in [0.717, 1.165) is 32.5 Å². The third-order valence-electron chi connectivity index (χ3n) is 3.88. The summed E-state index contributed by atoms with van der Waals surface area (Å²) in [6, 6.07) is 0.208. The number of aliphatic carboxylic acids is 1. The Hall–Kier alpha value is -0.650. The van der Waals surface area contributed by atoms with Crippen molar-refractivity contribution in [3.05, 3.63) is 0 Å². The first-order chi connectivity index (χ1) is 8.36. The van der Waals surface area contributed by atoms with E-state index >= 15 is 0 Å². The van der Waals surface area contributed by atoms with Crippen LogP contribution in [0.2, 0.25) is 0 Å². The van der Waals surface area contributed by atoms with Crippen LogP contribution in [0.1, 0.15) is 33.1 Å². The first-order valence-corrected chi connectivity index (χ1v) is 6.62. The van der Waals surface area contributed by atoms with Crippen LogP contribution >= 0.6 is 0 Å². The van der Waals surface area contributed by atoms with Gasteiger partial charge in [0.1, 0.15) is 5.54 Å². The van der Waals surface area contributed by atoms with Crippen LogP contribution in [0, 0.1) is 5.92 Å². The molecule has 5 heteroatoms. The van der Waals surface area contributed by atoms with Crippen LogP contribution in [0.15, 0.2) is 0 Å². The fraction of sp³-hybridized carbons (Fsp3) is 0.923. The lowest BCUT2D eigenvalue weighted by atomic mass is 9.91. The number of piperidine rings is 1. The quantitative estimate of drug-likeness (QED) is 0.741. The van der Waals surface area contributed by atoms with Crippen LogP contribution in [0.4, 0.5) is 0 Å². The van der Waals surface area contributed by atoms with E-state index in [1.807, 2.05) is 0 Å². The minimum absolute atomic E-state index is 0.208. The van der Waals surface area contributed by atoms with Crippen molar-refractivity contribution < 1.29 is 14.6 Å². The SMILES string of the molecule is COCC1CCN(C(C)CC(C)(N)C(=O)O)CC1. The van der Waals surface area contributed by atoms with Gasteiger partial charge in [0.25, 0.3) is 0 Å². The maximum Gasteiger partial charge on any atom is 0.323 e. The molecule has 1 saturated heterocycles. The van der Waals surface area contributed by atoms with Crippen molar-refractivity contribution in [3.63, 3.8) is 0 Å². The number of carboxylic acid groups (broad SMARTS) is 1. The smallest absolute Gasteiger partial charge is 0.323 e. The summed E-state index contributed by atoms with van der Waals surface area (Å²) in [6.07, 6.45) is 2.72. The Balaban J connectivity index is 2.40. The highest BCUT2D eigenvalue weighted by molar-refractivity contribution is 5.77. The summed E-state index contributed by atoms with van der Waals surface area (Å²) in [6.45, 7) is 6.48. The van der Waals surface area contributed by atoms with E-state index in [1.54, 1.807) is 14.0 Å². The van der Waals surface area contributed by atoms with E-state index in [0.29, 0.717) is 12.3 Å². The Morgan fingerprint density at radius 2 is 2.11 bits per heavy atom. The van der Waals surface area contributed by atoms with Crippen molar-refractivity contribution in [1.29, 1.82) is 0 Å². The molecular formula is C13H26N2O3. The molecule has 0 bridgehead atoms. The topological polar surface area (TPSA) is 75.8 Å². The molecule has 2 atom stereocenters. The van der Waals surface area contributed by atoms with Gasteiger partial charge in [-0.1, -0.05) is 0 Å². The van der Waals surface area contributed by atoms with Gasteiger partial charge in [-0.15, -0.1) is 0 Å². The molecule has 5 nitrogen and oxygen atoms in total. The molecule has 0 aromatic heterocycles. The van der Waals surface area contributed by atoms with Crippen molar-refractivity contribution >= 4 is 5.97 Å². The first kappa shape index (κ1) is 15.4. The summed E-state index contributed by atoms with van der Waals surface area (Å²) >= 11 is 0. The average Bonchev–Trinajstić information content (AvgIpc) is 2.29. The van der Waals surface area contributed by atoms with E-state index in [9.17, 15) is 4.79 Å². The van der Waals surface area contributed by atoms with Gasteiger partial charge in [-0.05, 0) is 52.1 Å². The number of methoxy groups -OCH3 is 1. The summed E-state index contributed by atoms with van der Waals surface area (Å²) in [7, 11) is 1.74. The molecule has 1 rings (SSSR count). The zero-order valence-electron chi connectivity index (χ0n) is 11.7. The molecule has 0 aromatic rings. The molecule has 0 aliphatic carbocycles. The zero-order valence-corrected chi connectivity index (χ0v) is 11.7. The standard InChI is InChI=1S/C13H26N2O3/c1-10(8-13(2,14)12(16)17)15-6-4-11(5-7-15)9-18-3/h10-11H,4-9,14H2,1-3H3,(H,16,17). The number of carbonyl (C=O) groups is 1. The van der Waals surface area contributed by atoms with E-state index in [1.165, 1.54) is 0 Å².